The van der Waals surface area contributed by atoms with Crippen LogP contribution in [-0.2, 0) is 0 Å². The number of rotatable bonds is 3. The summed E-state index contributed by atoms with van der Waals surface area (Å²) in [5, 5.41) is 11.6. The molecule has 0 amide bonds. The minimum Gasteiger partial charge on any atom is -0.346 e. The van der Waals surface area contributed by atoms with Gasteiger partial charge in [0.05, 0.1) is 17.6 Å². The molecular weight excluding hydrogens is 288 g/mol. The number of nitrogens with one attached hydrogen (secondary N) is 2. The van der Waals surface area contributed by atoms with Crippen molar-refractivity contribution in [2.45, 2.75) is 19.8 Å². The standard InChI is InChI=1S/C17H16N6/c1-10(2)16-13(3-4-14(21-16)15-9-20-23-22-15)12-7-11-5-6-18-17(11)19-8-12/h3-10H,1-2H3,(H,18,19)(H,20,22,23). The molecule has 4 rings (SSSR count). The summed E-state index contributed by atoms with van der Waals surface area (Å²) >= 11 is 0. The summed E-state index contributed by atoms with van der Waals surface area (Å²) in [6, 6.07) is 8.22. The lowest BCUT2D eigenvalue weighted by Gasteiger charge is -2.13. The van der Waals surface area contributed by atoms with Crippen molar-refractivity contribution in [1.82, 2.24) is 30.4 Å². The van der Waals surface area contributed by atoms with Crippen LogP contribution < -0.4 is 0 Å². The first kappa shape index (κ1) is 13.6. The Morgan fingerprint density at radius 1 is 1.09 bits per heavy atom. The highest BCUT2D eigenvalue weighted by Gasteiger charge is 2.14. The maximum Gasteiger partial charge on any atom is 0.137 e. The predicted octanol–water partition coefficient (Wildman–Crippen LogP) is 3.53. The molecule has 0 saturated heterocycles. The zero-order valence-electron chi connectivity index (χ0n) is 12.9. The van der Waals surface area contributed by atoms with E-state index in [9.17, 15) is 0 Å². The largest absolute Gasteiger partial charge is 0.346 e. The smallest absolute Gasteiger partial charge is 0.137 e. The van der Waals surface area contributed by atoms with E-state index in [1.807, 2.05) is 24.5 Å². The van der Waals surface area contributed by atoms with Crippen LogP contribution in [0.2, 0.25) is 0 Å². The van der Waals surface area contributed by atoms with E-state index < -0.39 is 0 Å². The molecule has 0 saturated carbocycles. The number of aromatic amines is 2. The average molecular weight is 304 g/mol. The number of pyridine rings is 2. The molecule has 0 atom stereocenters. The van der Waals surface area contributed by atoms with Crippen LogP contribution in [0.1, 0.15) is 25.5 Å². The van der Waals surface area contributed by atoms with Crippen molar-refractivity contribution in [1.29, 1.82) is 0 Å². The molecule has 0 bridgehead atoms. The molecule has 0 spiro atoms. The zero-order valence-corrected chi connectivity index (χ0v) is 12.9. The Hall–Kier alpha value is -3.02. The minimum absolute atomic E-state index is 0.291. The van der Waals surface area contributed by atoms with Crippen molar-refractivity contribution in [2.75, 3.05) is 0 Å². The van der Waals surface area contributed by atoms with E-state index in [4.69, 9.17) is 4.98 Å². The van der Waals surface area contributed by atoms with E-state index in [1.165, 1.54) is 0 Å². The first-order valence-electron chi connectivity index (χ1n) is 7.53. The van der Waals surface area contributed by atoms with Gasteiger partial charge in [-0.2, -0.15) is 0 Å². The van der Waals surface area contributed by atoms with Gasteiger partial charge in [0.25, 0.3) is 0 Å². The molecular formula is C17H16N6. The SMILES string of the molecule is CC(C)c1nc(-c2c[nH]nn2)ccc1-c1cnc2[nH]ccc2c1. The fourth-order valence-corrected chi connectivity index (χ4v) is 2.72. The van der Waals surface area contributed by atoms with Crippen molar-refractivity contribution >= 4 is 11.0 Å². The summed E-state index contributed by atoms with van der Waals surface area (Å²) in [5.74, 6) is 0.291. The summed E-state index contributed by atoms with van der Waals surface area (Å²) in [6.07, 6.45) is 5.54. The number of aromatic nitrogens is 6. The third kappa shape index (κ3) is 2.38. The van der Waals surface area contributed by atoms with E-state index in [0.717, 1.165) is 39.2 Å². The van der Waals surface area contributed by atoms with E-state index in [2.05, 4.69) is 51.4 Å². The number of H-pyrrole nitrogens is 2. The Kier molecular flexibility index (Phi) is 3.15. The van der Waals surface area contributed by atoms with Gasteiger partial charge in [0.2, 0.25) is 0 Å². The molecule has 6 nitrogen and oxygen atoms in total. The Bertz CT molecular complexity index is 952. The van der Waals surface area contributed by atoms with Crippen LogP contribution in [0.4, 0.5) is 0 Å². The third-order valence-corrected chi connectivity index (χ3v) is 3.86. The van der Waals surface area contributed by atoms with E-state index in [0.29, 0.717) is 5.92 Å². The Balaban J connectivity index is 1.86. The van der Waals surface area contributed by atoms with E-state index >= 15 is 0 Å². The van der Waals surface area contributed by atoms with Crippen molar-refractivity contribution < 1.29 is 0 Å². The molecule has 2 N–H and O–H groups in total. The number of fused-ring (bicyclic) bond motifs is 1. The molecule has 0 aliphatic rings. The van der Waals surface area contributed by atoms with E-state index in [-0.39, 0.29) is 0 Å². The maximum absolute atomic E-state index is 4.80. The van der Waals surface area contributed by atoms with Gasteiger partial charge in [-0.05, 0) is 24.1 Å². The van der Waals surface area contributed by atoms with Gasteiger partial charge in [-0.15, -0.1) is 5.10 Å². The normalized spacial score (nSPS) is 11.4. The molecule has 0 aliphatic heterocycles. The first-order chi connectivity index (χ1) is 11.2. The molecule has 0 fully saturated rings. The number of nitrogens with zero attached hydrogens (tertiary/aromatic N) is 4. The molecule has 4 aromatic heterocycles. The molecule has 114 valence electrons. The Morgan fingerprint density at radius 3 is 2.78 bits per heavy atom. The lowest BCUT2D eigenvalue weighted by Crippen LogP contribution is -1.99. The number of hydrogen-bond donors (Lipinski definition) is 2. The van der Waals surface area contributed by atoms with Crippen molar-refractivity contribution in [3.63, 3.8) is 0 Å². The third-order valence-electron chi connectivity index (χ3n) is 3.86. The highest BCUT2D eigenvalue weighted by molar-refractivity contribution is 5.82. The van der Waals surface area contributed by atoms with Crippen LogP contribution in [0.15, 0.2) is 42.9 Å². The average Bonchev–Trinajstić information content (AvgIpc) is 3.25. The summed E-state index contributed by atoms with van der Waals surface area (Å²) < 4.78 is 0. The summed E-state index contributed by atoms with van der Waals surface area (Å²) in [5.41, 5.74) is 5.66. The Morgan fingerprint density at radius 2 is 2.00 bits per heavy atom. The van der Waals surface area contributed by atoms with Gasteiger partial charge in [0.15, 0.2) is 0 Å². The van der Waals surface area contributed by atoms with Crippen LogP contribution in [0.5, 0.6) is 0 Å². The Labute approximate surface area is 133 Å². The van der Waals surface area contributed by atoms with Crippen LogP contribution in [-0.4, -0.2) is 30.4 Å². The monoisotopic (exact) mass is 304 g/mol. The number of hydrogen-bond acceptors (Lipinski definition) is 4. The molecule has 6 heteroatoms. The van der Waals surface area contributed by atoms with Crippen LogP contribution >= 0.6 is 0 Å². The van der Waals surface area contributed by atoms with Crippen molar-refractivity contribution in [2.24, 2.45) is 0 Å². The summed E-state index contributed by atoms with van der Waals surface area (Å²) in [4.78, 5) is 12.4. The van der Waals surface area contributed by atoms with Crippen LogP contribution in [0.3, 0.4) is 0 Å². The fourth-order valence-electron chi connectivity index (χ4n) is 2.72. The molecule has 0 aromatic carbocycles. The van der Waals surface area contributed by atoms with Gasteiger partial charge in [-0.3, -0.25) is 10.1 Å². The summed E-state index contributed by atoms with van der Waals surface area (Å²) in [6.45, 7) is 4.28. The van der Waals surface area contributed by atoms with Gasteiger partial charge in [-0.25, -0.2) is 4.98 Å². The minimum atomic E-state index is 0.291. The molecule has 0 aliphatic carbocycles. The van der Waals surface area contributed by atoms with Gasteiger partial charge < -0.3 is 4.98 Å². The van der Waals surface area contributed by atoms with Crippen molar-refractivity contribution in [3.05, 3.63) is 48.5 Å². The molecule has 4 aromatic rings. The first-order valence-corrected chi connectivity index (χ1v) is 7.53. The van der Waals surface area contributed by atoms with Gasteiger partial charge >= 0.3 is 0 Å². The zero-order chi connectivity index (χ0) is 15.8. The van der Waals surface area contributed by atoms with Crippen LogP contribution in [0.25, 0.3) is 33.5 Å². The van der Waals surface area contributed by atoms with Crippen molar-refractivity contribution in [3.8, 4) is 22.5 Å². The second-order valence-electron chi connectivity index (χ2n) is 5.78. The van der Waals surface area contributed by atoms with Gasteiger partial charge in [0.1, 0.15) is 11.3 Å². The van der Waals surface area contributed by atoms with Gasteiger partial charge in [0, 0.05) is 28.9 Å². The molecule has 0 unspecified atom stereocenters. The second kappa shape index (κ2) is 5.31. The lowest BCUT2D eigenvalue weighted by molar-refractivity contribution is 0.826. The highest BCUT2D eigenvalue weighted by Crippen LogP contribution is 2.31. The highest BCUT2D eigenvalue weighted by atomic mass is 15.3. The topological polar surface area (TPSA) is 83.1 Å². The lowest BCUT2D eigenvalue weighted by atomic mass is 9.97. The second-order valence-corrected chi connectivity index (χ2v) is 5.78. The maximum atomic E-state index is 4.80. The molecule has 4 heterocycles. The molecule has 23 heavy (non-hydrogen) atoms. The van der Waals surface area contributed by atoms with E-state index in [1.54, 1.807) is 6.20 Å². The fraction of sp³-hybridized carbons (Fsp3) is 0.176. The van der Waals surface area contributed by atoms with Crippen LogP contribution in [0, 0.1) is 0 Å². The molecule has 0 radical (unpaired) electrons. The quantitative estimate of drug-likeness (QED) is 0.606. The van der Waals surface area contributed by atoms with Gasteiger partial charge in [-0.1, -0.05) is 25.1 Å². The summed E-state index contributed by atoms with van der Waals surface area (Å²) in [7, 11) is 0. The predicted molar refractivity (Wildman–Crippen MR) is 88.8 cm³/mol.